The molecule has 1 unspecified atom stereocenters. The van der Waals surface area contributed by atoms with Crippen molar-refractivity contribution in [3.8, 4) is 0 Å². The molecule has 0 spiro atoms. The Labute approximate surface area is 99.1 Å². The SMILES string of the molecule is CCC(CC)(CNC1C=CCCC1)SC. The molecule has 1 aliphatic rings. The van der Waals surface area contributed by atoms with Gasteiger partial charge in [-0.15, -0.1) is 0 Å². The highest BCUT2D eigenvalue weighted by molar-refractivity contribution is 8.00. The third-order valence-electron chi connectivity index (χ3n) is 3.66. The van der Waals surface area contributed by atoms with Crippen molar-refractivity contribution < 1.29 is 0 Å². The molecule has 88 valence electrons. The Morgan fingerprint density at radius 1 is 1.40 bits per heavy atom. The zero-order valence-electron chi connectivity index (χ0n) is 10.4. The molecule has 0 radical (unpaired) electrons. The fourth-order valence-electron chi connectivity index (χ4n) is 2.16. The van der Waals surface area contributed by atoms with Crippen LogP contribution in [0.4, 0.5) is 0 Å². The molecule has 0 saturated carbocycles. The summed E-state index contributed by atoms with van der Waals surface area (Å²) in [6, 6.07) is 0.628. The van der Waals surface area contributed by atoms with Crippen molar-refractivity contribution in [2.45, 2.75) is 56.7 Å². The van der Waals surface area contributed by atoms with E-state index in [0.29, 0.717) is 10.8 Å². The summed E-state index contributed by atoms with van der Waals surface area (Å²) in [6.45, 7) is 5.76. The molecule has 1 aliphatic carbocycles. The van der Waals surface area contributed by atoms with E-state index in [1.54, 1.807) is 0 Å². The Morgan fingerprint density at radius 2 is 2.13 bits per heavy atom. The third-order valence-corrected chi connectivity index (χ3v) is 5.25. The lowest BCUT2D eigenvalue weighted by Crippen LogP contribution is -2.41. The lowest BCUT2D eigenvalue weighted by molar-refractivity contribution is 0.447. The van der Waals surface area contributed by atoms with Crippen molar-refractivity contribution in [1.82, 2.24) is 5.32 Å². The van der Waals surface area contributed by atoms with Gasteiger partial charge in [0.2, 0.25) is 0 Å². The molecule has 0 aliphatic heterocycles. The first-order valence-corrected chi connectivity index (χ1v) is 7.44. The van der Waals surface area contributed by atoms with Crippen LogP contribution in [-0.4, -0.2) is 23.6 Å². The Balaban J connectivity index is 2.38. The Morgan fingerprint density at radius 3 is 2.60 bits per heavy atom. The second kappa shape index (κ2) is 6.59. The molecule has 1 rings (SSSR count). The van der Waals surface area contributed by atoms with Gasteiger partial charge in [0.05, 0.1) is 0 Å². The summed E-state index contributed by atoms with van der Waals surface area (Å²) in [4.78, 5) is 0. The van der Waals surface area contributed by atoms with Gasteiger partial charge in [0, 0.05) is 17.3 Å². The van der Waals surface area contributed by atoms with Gasteiger partial charge in [-0.3, -0.25) is 0 Å². The van der Waals surface area contributed by atoms with Crippen molar-refractivity contribution in [1.29, 1.82) is 0 Å². The van der Waals surface area contributed by atoms with E-state index in [9.17, 15) is 0 Å². The van der Waals surface area contributed by atoms with Gasteiger partial charge in [0.25, 0.3) is 0 Å². The van der Waals surface area contributed by atoms with E-state index in [4.69, 9.17) is 0 Å². The van der Waals surface area contributed by atoms with Gasteiger partial charge in [-0.2, -0.15) is 11.8 Å². The Hall–Kier alpha value is 0.0500. The molecular formula is C13H25NS. The quantitative estimate of drug-likeness (QED) is 0.696. The Kier molecular flexibility index (Phi) is 5.77. The van der Waals surface area contributed by atoms with Gasteiger partial charge in [0.1, 0.15) is 0 Å². The van der Waals surface area contributed by atoms with Gasteiger partial charge < -0.3 is 5.32 Å². The van der Waals surface area contributed by atoms with Crippen LogP contribution in [0.15, 0.2) is 12.2 Å². The van der Waals surface area contributed by atoms with Crippen molar-refractivity contribution >= 4 is 11.8 Å². The largest absolute Gasteiger partial charge is 0.309 e. The smallest absolute Gasteiger partial charge is 0.0276 e. The number of rotatable bonds is 6. The number of hydrogen-bond donors (Lipinski definition) is 1. The number of hydrogen-bond acceptors (Lipinski definition) is 2. The predicted molar refractivity (Wildman–Crippen MR) is 71.6 cm³/mol. The van der Waals surface area contributed by atoms with E-state index in [-0.39, 0.29) is 0 Å². The van der Waals surface area contributed by atoms with E-state index >= 15 is 0 Å². The molecule has 0 amide bonds. The fourth-order valence-corrected chi connectivity index (χ4v) is 2.97. The summed E-state index contributed by atoms with van der Waals surface area (Å²) in [7, 11) is 0. The van der Waals surface area contributed by atoms with Gasteiger partial charge >= 0.3 is 0 Å². The average Bonchev–Trinajstić information content (AvgIpc) is 2.33. The summed E-state index contributed by atoms with van der Waals surface area (Å²) >= 11 is 2.02. The summed E-state index contributed by atoms with van der Waals surface area (Å²) < 4.78 is 0.450. The molecule has 0 aromatic rings. The third kappa shape index (κ3) is 3.84. The molecule has 0 aromatic heterocycles. The van der Waals surface area contributed by atoms with Gasteiger partial charge in [-0.05, 0) is 38.4 Å². The van der Waals surface area contributed by atoms with Crippen molar-refractivity contribution in [3.63, 3.8) is 0 Å². The van der Waals surface area contributed by atoms with E-state index in [2.05, 4.69) is 37.6 Å². The van der Waals surface area contributed by atoms with Crippen LogP contribution in [0.5, 0.6) is 0 Å². The maximum absolute atomic E-state index is 3.71. The maximum atomic E-state index is 3.71. The molecule has 1 atom stereocenters. The molecule has 0 bridgehead atoms. The molecular weight excluding hydrogens is 202 g/mol. The van der Waals surface area contributed by atoms with Crippen LogP contribution in [0.25, 0.3) is 0 Å². The highest BCUT2D eigenvalue weighted by Gasteiger charge is 2.25. The van der Waals surface area contributed by atoms with Crippen molar-refractivity contribution in [2.75, 3.05) is 12.8 Å². The van der Waals surface area contributed by atoms with Crippen LogP contribution in [0, 0.1) is 0 Å². The molecule has 0 saturated heterocycles. The van der Waals surface area contributed by atoms with Crippen molar-refractivity contribution in [3.05, 3.63) is 12.2 Å². The van der Waals surface area contributed by atoms with E-state index < -0.39 is 0 Å². The molecule has 0 aromatic carbocycles. The zero-order valence-corrected chi connectivity index (χ0v) is 11.2. The summed E-state index contributed by atoms with van der Waals surface area (Å²) in [5, 5.41) is 3.71. The monoisotopic (exact) mass is 227 g/mol. The first-order valence-electron chi connectivity index (χ1n) is 6.21. The van der Waals surface area contributed by atoms with Gasteiger partial charge in [-0.25, -0.2) is 0 Å². The molecule has 0 fully saturated rings. The van der Waals surface area contributed by atoms with Crippen LogP contribution in [0.1, 0.15) is 46.0 Å². The zero-order chi connectivity index (χ0) is 11.1. The van der Waals surface area contributed by atoms with E-state index in [0.717, 1.165) is 6.54 Å². The number of nitrogens with one attached hydrogen (secondary N) is 1. The topological polar surface area (TPSA) is 12.0 Å². The lowest BCUT2D eigenvalue weighted by atomic mass is 9.99. The van der Waals surface area contributed by atoms with Crippen molar-refractivity contribution in [2.24, 2.45) is 0 Å². The minimum absolute atomic E-state index is 0.450. The van der Waals surface area contributed by atoms with Crippen LogP contribution < -0.4 is 5.32 Å². The summed E-state index contributed by atoms with van der Waals surface area (Å²) in [5.74, 6) is 0. The van der Waals surface area contributed by atoms with Crippen LogP contribution in [-0.2, 0) is 0 Å². The van der Waals surface area contributed by atoms with E-state index in [1.165, 1.54) is 32.1 Å². The fraction of sp³-hybridized carbons (Fsp3) is 0.846. The van der Waals surface area contributed by atoms with E-state index in [1.807, 2.05) is 11.8 Å². The van der Waals surface area contributed by atoms with Gasteiger partial charge in [-0.1, -0.05) is 26.0 Å². The summed E-state index contributed by atoms with van der Waals surface area (Å²) in [6.07, 6.45) is 13.4. The minimum atomic E-state index is 0.450. The second-order valence-corrected chi connectivity index (χ2v) is 5.71. The minimum Gasteiger partial charge on any atom is -0.309 e. The molecule has 1 nitrogen and oxygen atoms in total. The number of allylic oxidation sites excluding steroid dienone is 1. The van der Waals surface area contributed by atoms with Crippen LogP contribution >= 0.6 is 11.8 Å². The standard InChI is InChI=1S/C13H25NS/c1-4-13(5-2,15-3)11-14-12-9-7-6-8-10-12/h7,9,12,14H,4-6,8,10-11H2,1-3H3. The first-order chi connectivity index (χ1) is 7.26. The normalized spacial score (nSPS) is 21.9. The summed E-state index contributed by atoms with van der Waals surface area (Å²) in [5.41, 5.74) is 0. The van der Waals surface area contributed by atoms with Crippen LogP contribution in [0.2, 0.25) is 0 Å². The van der Waals surface area contributed by atoms with Gasteiger partial charge in [0.15, 0.2) is 0 Å². The molecule has 2 heteroatoms. The molecule has 0 heterocycles. The first kappa shape index (κ1) is 13.1. The molecule has 1 N–H and O–H groups in total. The predicted octanol–water partition coefficient (Wildman–Crippen LogP) is 3.61. The highest BCUT2D eigenvalue weighted by atomic mass is 32.2. The Bertz CT molecular complexity index is 188. The molecule has 15 heavy (non-hydrogen) atoms. The lowest BCUT2D eigenvalue weighted by Gasteiger charge is -2.32. The maximum Gasteiger partial charge on any atom is 0.0276 e. The van der Waals surface area contributed by atoms with Crippen LogP contribution in [0.3, 0.4) is 0 Å². The number of thioether (sulfide) groups is 1. The second-order valence-electron chi connectivity index (χ2n) is 4.44. The average molecular weight is 227 g/mol. The highest BCUT2D eigenvalue weighted by Crippen LogP contribution is 2.29.